The van der Waals surface area contributed by atoms with E-state index in [0.717, 1.165) is 24.5 Å². The number of aryl methyl sites for hydroxylation is 1. The van der Waals surface area contributed by atoms with E-state index in [2.05, 4.69) is 17.0 Å². The third kappa shape index (κ3) is 4.47. The van der Waals surface area contributed by atoms with Crippen LogP contribution in [0.2, 0.25) is 5.02 Å². The van der Waals surface area contributed by atoms with Crippen LogP contribution in [0.4, 0.5) is 15.9 Å². The zero-order valence-electron chi connectivity index (χ0n) is 17.8. The second-order valence-corrected chi connectivity index (χ2v) is 8.39. The molecule has 1 atom stereocenters. The molecule has 5 N–H and O–H groups in total. The first-order valence-electron chi connectivity index (χ1n) is 10.4. The number of hydrogen-bond donors (Lipinski definition) is 3. The van der Waals surface area contributed by atoms with Crippen LogP contribution in [0.5, 0.6) is 0 Å². The lowest BCUT2D eigenvalue weighted by Gasteiger charge is -2.24. The molecule has 0 radical (unpaired) electrons. The van der Waals surface area contributed by atoms with Crippen LogP contribution in [0.15, 0.2) is 49.1 Å². The largest absolute Gasteiger partial charge is 0.383 e. The van der Waals surface area contributed by atoms with Crippen LogP contribution < -0.4 is 16.8 Å². The van der Waals surface area contributed by atoms with E-state index in [4.69, 9.17) is 23.1 Å². The van der Waals surface area contributed by atoms with Gasteiger partial charge in [-0.1, -0.05) is 36.4 Å². The molecule has 4 rings (SSSR count). The van der Waals surface area contributed by atoms with Crippen LogP contribution in [-0.4, -0.2) is 21.6 Å². The highest BCUT2D eigenvalue weighted by Gasteiger charge is 2.30. The van der Waals surface area contributed by atoms with Gasteiger partial charge >= 0.3 is 0 Å². The molecule has 2 amide bonds. The summed E-state index contributed by atoms with van der Waals surface area (Å²) in [5.74, 6) is -1.63. The van der Waals surface area contributed by atoms with Crippen LogP contribution >= 0.6 is 11.6 Å². The monoisotopic (exact) mass is 467 g/mol. The highest BCUT2D eigenvalue weighted by Crippen LogP contribution is 2.38. The van der Waals surface area contributed by atoms with Gasteiger partial charge in [0.25, 0.3) is 5.91 Å². The van der Waals surface area contributed by atoms with Gasteiger partial charge in [-0.3, -0.25) is 9.59 Å². The van der Waals surface area contributed by atoms with Gasteiger partial charge in [-0.05, 0) is 60.2 Å². The lowest BCUT2D eigenvalue weighted by molar-refractivity contribution is -0.111. The summed E-state index contributed by atoms with van der Waals surface area (Å²) < 4.78 is 15.2. The summed E-state index contributed by atoms with van der Waals surface area (Å²) in [5, 5.41) is 7.90. The maximum Gasteiger partial charge on any atom is 0.254 e. The van der Waals surface area contributed by atoms with Crippen LogP contribution in [-0.2, 0) is 24.2 Å². The molecule has 33 heavy (non-hydrogen) atoms. The average Bonchev–Trinajstić information content (AvgIpc) is 3.11. The normalized spacial score (nSPS) is 15.0. The molecule has 2 aromatic carbocycles. The first-order valence-corrected chi connectivity index (χ1v) is 10.8. The molecule has 1 aliphatic rings. The Bertz CT molecular complexity index is 1270. The molecule has 0 aliphatic heterocycles. The third-order valence-electron chi connectivity index (χ3n) is 5.92. The number of nitrogens with one attached hydrogen (secondary N) is 1. The highest BCUT2D eigenvalue weighted by atomic mass is 35.5. The van der Waals surface area contributed by atoms with Crippen LogP contribution in [0.3, 0.4) is 0 Å². The van der Waals surface area contributed by atoms with Crippen molar-refractivity contribution in [1.82, 2.24) is 9.78 Å². The minimum absolute atomic E-state index is 0.0865. The van der Waals surface area contributed by atoms with Crippen molar-refractivity contribution in [2.45, 2.75) is 31.7 Å². The van der Waals surface area contributed by atoms with E-state index in [1.807, 2.05) is 18.2 Å². The number of anilines is 2. The fraction of sp³-hybridized carbons (Fsp3) is 0.208. The molecule has 1 unspecified atom stereocenters. The van der Waals surface area contributed by atoms with Crippen molar-refractivity contribution < 1.29 is 14.0 Å². The predicted octanol–water partition coefficient (Wildman–Crippen LogP) is 3.80. The van der Waals surface area contributed by atoms with E-state index in [-0.39, 0.29) is 29.5 Å². The Morgan fingerprint density at radius 3 is 2.85 bits per heavy atom. The summed E-state index contributed by atoms with van der Waals surface area (Å²) in [7, 11) is 0. The summed E-state index contributed by atoms with van der Waals surface area (Å²) in [4.78, 5) is 24.1. The number of amides is 2. The van der Waals surface area contributed by atoms with Crippen molar-refractivity contribution in [3.63, 3.8) is 0 Å². The number of rotatable bonds is 6. The van der Waals surface area contributed by atoms with Crippen molar-refractivity contribution in [3.05, 3.63) is 87.8 Å². The Morgan fingerprint density at radius 2 is 2.12 bits per heavy atom. The molecule has 0 bridgehead atoms. The second-order valence-electron chi connectivity index (χ2n) is 7.98. The lowest BCUT2D eigenvalue weighted by Crippen LogP contribution is -2.19. The molecular formula is C24H23ClFN5O2. The van der Waals surface area contributed by atoms with Gasteiger partial charge in [0.05, 0.1) is 12.2 Å². The van der Waals surface area contributed by atoms with Crippen molar-refractivity contribution >= 4 is 34.9 Å². The minimum atomic E-state index is -0.669. The number of aromatic nitrogens is 2. The number of hydrogen-bond acceptors (Lipinski definition) is 4. The molecule has 9 heteroatoms. The SMILES string of the molecule is C=CC(=O)Nc1cc(F)ccc1Cn1nc(C2CCc3cccc(Cl)c3C2)c(C(N)=O)c1N. The van der Waals surface area contributed by atoms with Crippen molar-refractivity contribution in [3.8, 4) is 0 Å². The smallest absolute Gasteiger partial charge is 0.254 e. The Morgan fingerprint density at radius 1 is 1.33 bits per heavy atom. The molecule has 0 saturated carbocycles. The zero-order valence-corrected chi connectivity index (χ0v) is 18.5. The van der Waals surface area contributed by atoms with E-state index in [1.165, 1.54) is 28.4 Å². The summed E-state index contributed by atoms with van der Waals surface area (Å²) in [5.41, 5.74) is 15.7. The fourth-order valence-corrected chi connectivity index (χ4v) is 4.55. The standard InChI is InChI=1S/C24H23ClFN5O2/c1-2-20(32)29-19-11-16(26)9-8-15(19)12-31-23(27)21(24(28)33)22(30-31)14-7-6-13-4-3-5-18(25)17(13)10-14/h2-5,8-9,11,14H,1,6-7,10,12,27H2,(H2,28,33)(H,29,32). The van der Waals surface area contributed by atoms with Gasteiger partial charge in [-0.15, -0.1) is 0 Å². The van der Waals surface area contributed by atoms with Gasteiger partial charge in [0.15, 0.2) is 0 Å². The first-order chi connectivity index (χ1) is 15.8. The van der Waals surface area contributed by atoms with Crippen LogP contribution in [0.25, 0.3) is 0 Å². The van der Waals surface area contributed by atoms with Gasteiger partial charge in [-0.2, -0.15) is 5.10 Å². The molecule has 0 saturated heterocycles. The van der Waals surface area contributed by atoms with Crippen molar-refractivity contribution in [2.75, 3.05) is 11.1 Å². The van der Waals surface area contributed by atoms with Crippen molar-refractivity contribution in [1.29, 1.82) is 0 Å². The molecule has 0 spiro atoms. The first kappa shape index (κ1) is 22.5. The second kappa shape index (κ2) is 9.07. The molecule has 1 heterocycles. The summed E-state index contributed by atoms with van der Waals surface area (Å²) in [6.45, 7) is 3.51. The minimum Gasteiger partial charge on any atom is -0.383 e. The highest BCUT2D eigenvalue weighted by molar-refractivity contribution is 6.31. The predicted molar refractivity (Wildman–Crippen MR) is 126 cm³/mol. The maximum atomic E-state index is 13.8. The molecular weight excluding hydrogens is 445 g/mol. The van der Waals surface area contributed by atoms with E-state index in [0.29, 0.717) is 22.7 Å². The number of nitrogens with two attached hydrogens (primary N) is 2. The Balaban J connectivity index is 1.71. The van der Waals surface area contributed by atoms with E-state index < -0.39 is 17.6 Å². The van der Waals surface area contributed by atoms with E-state index >= 15 is 0 Å². The Kier molecular flexibility index (Phi) is 6.20. The third-order valence-corrected chi connectivity index (χ3v) is 6.27. The summed E-state index contributed by atoms with van der Waals surface area (Å²) in [6.07, 6.45) is 3.26. The van der Waals surface area contributed by atoms with Gasteiger partial charge in [0.2, 0.25) is 5.91 Å². The average molecular weight is 468 g/mol. The van der Waals surface area contributed by atoms with Gasteiger partial charge < -0.3 is 16.8 Å². The van der Waals surface area contributed by atoms with Crippen molar-refractivity contribution in [2.24, 2.45) is 5.73 Å². The molecule has 0 fully saturated rings. The van der Waals surface area contributed by atoms with Gasteiger partial charge in [0.1, 0.15) is 17.2 Å². The van der Waals surface area contributed by atoms with Gasteiger partial charge in [-0.25, -0.2) is 9.07 Å². The van der Waals surface area contributed by atoms with Crippen LogP contribution in [0, 0.1) is 5.82 Å². The fourth-order valence-electron chi connectivity index (χ4n) is 4.28. The number of fused-ring (bicyclic) bond motifs is 1. The molecule has 7 nitrogen and oxygen atoms in total. The maximum absolute atomic E-state index is 13.8. The van der Waals surface area contributed by atoms with Gasteiger partial charge in [0, 0.05) is 16.6 Å². The molecule has 1 aliphatic carbocycles. The number of nitrogens with zero attached hydrogens (tertiary/aromatic N) is 2. The summed E-state index contributed by atoms with van der Waals surface area (Å²) >= 11 is 6.41. The quantitative estimate of drug-likeness (QED) is 0.478. The van der Waals surface area contributed by atoms with Crippen LogP contribution in [0.1, 0.15) is 45.1 Å². The number of carbonyl (C=O) groups excluding carboxylic acids is 2. The topological polar surface area (TPSA) is 116 Å². The number of nitrogen functional groups attached to an aromatic ring is 1. The van der Waals surface area contributed by atoms with E-state index in [1.54, 1.807) is 0 Å². The number of halogens is 2. The Hall–Kier alpha value is -3.65. The Labute approximate surface area is 195 Å². The zero-order chi connectivity index (χ0) is 23.7. The summed E-state index contributed by atoms with van der Waals surface area (Å²) in [6, 6.07) is 9.82. The number of benzene rings is 2. The lowest BCUT2D eigenvalue weighted by atomic mass is 9.81. The number of carbonyl (C=O) groups is 2. The number of primary amides is 1. The molecule has 3 aromatic rings. The molecule has 170 valence electrons. The van der Waals surface area contributed by atoms with E-state index in [9.17, 15) is 14.0 Å². The molecule has 1 aromatic heterocycles.